The van der Waals surface area contributed by atoms with Gasteiger partial charge in [-0.2, -0.15) is 0 Å². The van der Waals surface area contributed by atoms with Gasteiger partial charge in [-0.1, -0.05) is 6.07 Å². The van der Waals surface area contributed by atoms with E-state index in [1.165, 1.54) is 18.2 Å². The quantitative estimate of drug-likeness (QED) is 0.657. The predicted molar refractivity (Wildman–Crippen MR) is 76.6 cm³/mol. The minimum absolute atomic E-state index is 0.124. The van der Waals surface area contributed by atoms with Gasteiger partial charge in [0.1, 0.15) is 11.6 Å². The fourth-order valence-electron chi connectivity index (χ4n) is 1.70. The molecule has 0 aliphatic rings. The van der Waals surface area contributed by atoms with Crippen LogP contribution >= 0.6 is 0 Å². The molecule has 0 atom stereocenters. The Hall–Kier alpha value is -3.03. The molecular formula is C14H11F2N3O3. The van der Waals surface area contributed by atoms with Gasteiger partial charge < -0.3 is 10.6 Å². The summed E-state index contributed by atoms with van der Waals surface area (Å²) in [6, 6.07) is 8.28. The highest BCUT2D eigenvalue weighted by Crippen LogP contribution is 2.17. The zero-order chi connectivity index (χ0) is 16.1. The monoisotopic (exact) mass is 307 g/mol. The van der Waals surface area contributed by atoms with E-state index >= 15 is 0 Å². The van der Waals surface area contributed by atoms with Crippen LogP contribution in [0.2, 0.25) is 0 Å². The van der Waals surface area contributed by atoms with Gasteiger partial charge in [0.05, 0.1) is 17.2 Å². The van der Waals surface area contributed by atoms with Crippen molar-refractivity contribution >= 4 is 23.0 Å². The molecule has 0 aromatic heterocycles. The largest absolute Gasteiger partial charge is 0.376 e. The number of nitrogens with zero attached hydrogens (tertiary/aromatic N) is 1. The predicted octanol–water partition coefficient (Wildman–Crippen LogP) is 2.92. The van der Waals surface area contributed by atoms with Gasteiger partial charge >= 0.3 is 0 Å². The third-order valence-corrected chi connectivity index (χ3v) is 2.71. The van der Waals surface area contributed by atoms with Gasteiger partial charge in [0.15, 0.2) is 0 Å². The third kappa shape index (κ3) is 3.98. The summed E-state index contributed by atoms with van der Waals surface area (Å²) in [7, 11) is 0. The Kier molecular flexibility index (Phi) is 4.62. The summed E-state index contributed by atoms with van der Waals surface area (Å²) in [5.41, 5.74) is -0.0310. The molecule has 22 heavy (non-hydrogen) atoms. The molecule has 2 rings (SSSR count). The minimum Gasteiger partial charge on any atom is -0.376 e. The van der Waals surface area contributed by atoms with Crippen LogP contribution in [0.3, 0.4) is 0 Å². The van der Waals surface area contributed by atoms with E-state index in [1.54, 1.807) is 6.07 Å². The van der Waals surface area contributed by atoms with Gasteiger partial charge in [0, 0.05) is 23.9 Å². The van der Waals surface area contributed by atoms with Crippen molar-refractivity contribution in [3.05, 3.63) is 64.2 Å². The highest BCUT2D eigenvalue weighted by atomic mass is 19.1. The summed E-state index contributed by atoms with van der Waals surface area (Å²) >= 11 is 0. The van der Waals surface area contributed by atoms with E-state index in [2.05, 4.69) is 10.6 Å². The second kappa shape index (κ2) is 6.61. The van der Waals surface area contributed by atoms with Crippen LogP contribution in [0.25, 0.3) is 0 Å². The summed E-state index contributed by atoms with van der Waals surface area (Å²) in [6.45, 7) is -0.253. The standard InChI is InChI=1S/C14H11F2N3O3/c15-9-4-5-12(16)13(6-9)18-14(20)8-17-10-2-1-3-11(7-10)19(21)22/h1-7,17H,8H2,(H,18,20). The summed E-state index contributed by atoms with van der Waals surface area (Å²) in [5, 5.41) is 15.5. The van der Waals surface area contributed by atoms with Crippen molar-refractivity contribution in [2.45, 2.75) is 0 Å². The molecule has 0 saturated heterocycles. The Morgan fingerprint density at radius 3 is 2.68 bits per heavy atom. The molecule has 8 heteroatoms. The van der Waals surface area contributed by atoms with Crippen LogP contribution in [0.15, 0.2) is 42.5 Å². The molecule has 1 amide bonds. The molecule has 6 nitrogen and oxygen atoms in total. The molecule has 2 aromatic carbocycles. The van der Waals surface area contributed by atoms with E-state index in [1.807, 2.05) is 0 Å². The molecule has 0 radical (unpaired) electrons. The fourth-order valence-corrected chi connectivity index (χ4v) is 1.70. The molecule has 0 spiro atoms. The van der Waals surface area contributed by atoms with Crippen LogP contribution in [-0.2, 0) is 4.79 Å². The van der Waals surface area contributed by atoms with Gasteiger partial charge in [-0.3, -0.25) is 14.9 Å². The number of non-ortho nitro benzene ring substituents is 1. The van der Waals surface area contributed by atoms with Crippen molar-refractivity contribution in [2.24, 2.45) is 0 Å². The minimum atomic E-state index is -0.759. The van der Waals surface area contributed by atoms with Crippen LogP contribution in [0, 0.1) is 21.7 Å². The van der Waals surface area contributed by atoms with Gasteiger partial charge in [0.25, 0.3) is 5.69 Å². The van der Waals surface area contributed by atoms with Crippen molar-refractivity contribution in [3.8, 4) is 0 Å². The number of carbonyl (C=O) groups excluding carboxylic acids is 1. The number of hydrogen-bond donors (Lipinski definition) is 2. The number of hydrogen-bond acceptors (Lipinski definition) is 4. The van der Waals surface area contributed by atoms with Crippen LogP contribution in [0.4, 0.5) is 25.8 Å². The maximum absolute atomic E-state index is 13.4. The number of halogens is 2. The topological polar surface area (TPSA) is 84.3 Å². The van der Waals surface area contributed by atoms with Crippen LogP contribution in [-0.4, -0.2) is 17.4 Å². The maximum atomic E-state index is 13.4. The second-order valence-corrected chi connectivity index (χ2v) is 4.33. The van der Waals surface area contributed by atoms with Crippen LogP contribution < -0.4 is 10.6 Å². The molecular weight excluding hydrogens is 296 g/mol. The highest BCUT2D eigenvalue weighted by Gasteiger charge is 2.09. The van der Waals surface area contributed by atoms with E-state index in [4.69, 9.17) is 0 Å². The summed E-state index contributed by atoms with van der Waals surface area (Å²) in [6.07, 6.45) is 0. The smallest absolute Gasteiger partial charge is 0.271 e. The molecule has 0 unspecified atom stereocenters. The normalized spacial score (nSPS) is 10.1. The number of rotatable bonds is 5. The third-order valence-electron chi connectivity index (χ3n) is 2.71. The lowest BCUT2D eigenvalue weighted by Crippen LogP contribution is -2.22. The van der Waals surface area contributed by atoms with Gasteiger partial charge in [-0.15, -0.1) is 0 Å². The molecule has 0 aliphatic heterocycles. The molecule has 0 aliphatic carbocycles. The Labute approximate surface area is 123 Å². The summed E-state index contributed by atoms with van der Waals surface area (Å²) in [5.74, 6) is -2.05. The first kappa shape index (κ1) is 15.4. The molecule has 2 N–H and O–H groups in total. The number of nitro benzene ring substituents is 1. The first-order valence-electron chi connectivity index (χ1n) is 6.19. The lowest BCUT2D eigenvalue weighted by atomic mass is 10.2. The molecule has 114 valence electrons. The lowest BCUT2D eigenvalue weighted by molar-refractivity contribution is -0.384. The van der Waals surface area contributed by atoms with Gasteiger partial charge in [0.2, 0.25) is 5.91 Å². The molecule has 0 fully saturated rings. The van der Waals surface area contributed by atoms with E-state index < -0.39 is 22.5 Å². The number of nitrogens with one attached hydrogen (secondary N) is 2. The lowest BCUT2D eigenvalue weighted by Gasteiger charge is -2.08. The first-order valence-corrected chi connectivity index (χ1v) is 6.19. The zero-order valence-corrected chi connectivity index (χ0v) is 11.2. The Balaban J connectivity index is 1.97. The molecule has 0 saturated carbocycles. The number of anilines is 2. The average Bonchev–Trinajstić information content (AvgIpc) is 2.49. The van der Waals surface area contributed by atoms with Crippen LogP contribution in [0.1, 0.15) is 0 Å². The number of carbonyl (C=O) groups is 1. The van der Waals surface area contributed by atoms with E-state index in [9.17, 15) is 23.7 Å². The first-order chi connectivity index (χ1) is 10.5. The second-order valence-electron chi connectivity index (χ2n) is 4.33. The molecule has 0 bridgehead atoms. The van der Waals surface area contributed by atoms with E-state index in [-0.39, 0.29) is 17.9 Å². The Morgan fingerprint density at radius 2 is 1.95 bits per heavy atom. The zero-order valence-electron chi connectivity index (χ0n) is 11.2. The maximum Gasteiger partial charge on any atom is 0.271 e. The van der Waals surface area contributed by atoms with E-state index in [0.29, 0.717) is 5.69 Å². The van der Waals surface area contributed by atoms with Crippen molar-refractivity contribution in [1.29, 1.82) is 0 Å². The molecule has 2 aromatic rings. The number of benzene rings is 2. The fraction of sp³-hybridized carbons (Fsp3) is 0.0714. The Bertz CT molecular complexity index is 722. The number of amides is 1. The van der Waals surface area contributed by atoms with Crippen molar-refractivity contribution in [3.63, 3.8) is 0 Å². The average molecular weight is 307 g/mol. The van der Waals surface area contributed by atoms with E-state index in [0.717, 1.165) is 18.2 Å². The molecule has 0 heterocycles. The SMILES string of the molecule is O=C(CNc1cccc([N+](=O)[O-])c1)Nc1cc(F)ccc1F. The van der Waals surface area contributed by atoms with Crippen LogP contribution in [0.5, 0.6) is 0 Å². The number of nitro groups is 1. The summed E-state index contributed by atoms with van der Waals surface area (Å²) < 4.78 is 26.3. The highest BCUT2D eigenvalue weighted by molar-refractivity contribution is 5.93. The van der Waals surface area contributed by atoms with Crippen molar-refractivity contribution < 1.29 is 18.5 Å². The Morgan fingerprint density at radius 1 is 1.18 bits per heavy atom. The van der Waals surface area contributed by atoms with Crippen molar-refractivity contribution in [2.75, 3.05) is 17.2 Å². The van der Waals surface area contributed by atoms with Gasteiger partial charge in [-0.05, 0) is 18.2 Å². The van der Waals surface area contributed by atoms with Crippen molar-refractivity contribution in [1.82, 2.24) is 0 Å². The summed E-state index contributed by atoms with van der Waals surface area (Å²) in [4.78, 5) is 21.7. The van der Waals surface area contributed by atoms with Gasteiger partial charge in [-0.25, -0.2) is 8.78 Å².